The second-order valence-corrected chi connectivity index (χ2v) is 9.86. The van der Waals surface area contributed by atoms with Crippen LogP contribution in [0.25, 0.3) is 0 Å². The number of hydrogen-bond acceptors (Lipinski definition) is 4. The first kappa shape index (κ1) is 21.1. The van der Waals surface area contributed by atoms with Gasteiger partial charge in [0, 0.05) is 19.5 Å². The first-order chi connectivity index (χ1) is 13.5. The molecule has 1 saturated carbocycles. The number of carbonyl (C=O) groups is 1. The fraction of sp³-hybridized carbons (Fsp3) is 0.667. The number of sulfonamides is 1. The average molecular weight is 409 g/mol. The number of rotatable bonds is 7. The van der Waals surface area contributed by atoms with Crippen LogP contribution in [0.5, 0.6) is 5.75 Å². The van der Waals surface area contributed by atoms with Gasteiger partial charge in [0.05, 0.1) is 17.7 Å². The van der Waals surface area contributed by atoms with Crippen molar-refractivity contribution in [2.75, 3.05) is 25.5 Å². The van der Waals surface area contributed by atoms with Crippen molar-refractivity contribution in [1.82, 2.24) is 4.31 Å². The van der Waals surface area contributed by atoms with E-state index in [1.54, 1.807) is 12.1 Å². The number of carbonyl (C=O) groups excluding carboxylic acids is 1. The highest BCUT2D eigenvalue weighted by Gasteiger charge is 2.27. The van der Waals surface area contributed by atoms with Gasteiger partial charge in [-0.3, -0.25) is 4.79 Å². The Hall–Kier alpha value is -1.60. The number of methoxy groups -OCH3 is 1. The average Bonchev–Trinajstić information content (AvgIpc) is 2.73. The van der Waals surface area contributed by atoms with Crippen LogP contribution in [0.3, 0.4) is 0 Å². The van der Waals surface area contributed by atoms with E-state index in [1.165, 1.54) is 49.6 Å². The Bertz CT molecular complexity index is 767. The molecule has 1 aromatic carbocycles. The number of amides is 1. The van der Waals surface area contributed by atoms with Crippen LogP contribution < -0.4 is 10.1 Å². The highest BCUT2D eigenvalue weighted by molar-refractivity contribution is 7.89. The summed E-state index contributed by atoms with van der Waals surface area (Å²) >= 11 is 0. The molecule has 3 rings (SSSR count). The monoisotopic (exact) mass is 408 g/mol. The minimum atomic E-state index is -3.55. The van der Waals surface area contributed by atoms with Gasteiger partial charge in [0.25, 0.3) is 0 Å². The van der Waals surface area contributed by atoms with Crippen molar-refractivity contribution in [2.45, 2.75) is 69.1 Å². The van der Waals surface area contributed by atoms with Gasteiger partial charge in [-0.25, -0.2) is 8.42 Å². The molecule has 7 heteroatoms. The summed E-state index contributed by atoms with van der Waals surface area (Å²) in [5, 5.41) is 2.87. The van der Waals surface area contributed by atoms with Gasteiger partial charge in [0.1, 0.15) is 5.75 Å². The fourth-order valence-corrected chi connectivity index (χ4v) is 5.77. The van der Waals surface area contributed by atoms with E-state index in [9.17, 15) is 13.2 Å². The third-order valence-corrected chi connectivity index (χ3v) is 7.80. The lowest BCUT2D eigenvalue weighted by molar-refractivity contribution is -0.116. The molecular weight excluding hydrogens is 376 g/mol. The maximum atomic E-state index is 12.9. The summed E-state index contributed by atoms with van der Waals surface area (Å²) < 4.78 is 32.7. The Morgan fingerprint density at radius 3 is 2.46 bits per heavy atom. The predicted octanol–water partition coefficient (Wildman–Crippen LogP) is 4.17. The van der Waals surface area contributed by atoms with Gasteiger partial charge in [0.2, 0.25) is 15.9 Å². The molecule has 1 aromatic rings. The summed E-state index contributed by atoms with van der Waals surface area (Å²) in [5.74, 6) is 1.02. The maximum absolute atomic E-state index is 12.9. The Kier molecular flexibility index (Phi) is 7.35. The smallest absolute Gasteiger partial charge is 0.243 e. The predicted molar refractivity (Wildman–Crippen MR) is 110 cm³/mol. The van der Waals surface area contributed by atoms with E-state index in [1.807, 2.05) is 0 Å². The molecule has 0 atom stereocenters. The lowest BCUT2D eigenvalue weighted by Crippen LogP contribution is -2.35. The molecule has 1 aliphatic heterocycles. The number of ether oxygens (including phenoxy) is 1. The third kappa shape index (κ3) is 5.26. The highest BCUT2D eigenvalue weighted by Crippen LogP contribution is 2.31. The summed E-state index contributed by atoms with van der Waals surface area (Å²) in [6.07, 6.45) is 10.4. The molecule has 0 radical (unpaired) electrons. The molecule has 1 saturated heterocycles. The summed E-state index contributed by atoms with van der Waals surface area (Å²) in [6.45, 7) is 1.11. The van der Waals surface area contributed by atoms with Crippen molar-refractivity contribution < 1.29 is 17.9 Å². The van der Waals surface area contributed by atoms with Gasteiger partial charge in [-0.2, -0.15) is 4.31 Å². The Morgan fingerprint density at radius 1 is 1.11 bits per heavy atom. The van der Waals surface area contributed by atoms with Crippen molar-refractivity contribution in [3.63, 3.8) is 0 Å². The molecule has 6 nitrogen and oxygen atoms in total. The number of nitrogens with one attached hydrogen (secondary N) is 1. The van der Waals surface area contributed by atoms with Gasteiger partial charge in [-0.1, -0.05) is 38.5 Å². The minimum absolute atomic E-state index is 0.0867. The van der Waals surface area contributed by atoms with E-state index in [0.717, 1.165) is 25.7 Å². The van der Waals surface area contributed by atoms with Gasteiger partial charge < -0.3 is 10.1 Å². The van der Waals surface area contributed by atoms with Crippen LogP contribution in [0, 0.1) is 5.92 Å². The molecule has 0 spiro atoms. The highest BCUT2D eigenvalue weighted by atomic mass is 32.2. The molecule has 1 heterocycles. The first-order valence-electron chi connectivity index (χ1n) is 10.5. The molecule has 0 aromatic heterocycles. The number of benzene rings is 1. The topological polar surface area (TPSA) is 75.7 Å². The van der Waals surface area contributed by atoms with Crippen LogP contribution in [-0.4, -0.2) is 38.8 Å². The van der Waals surface area contributed by atoms with Crippen molar-refractivity contribution in [3.05, 3.63) is 18.2 Å². The molecule has 0 unspecified atom stereocenters. The molecule has 1 aliphatic carbocycles. The zero-order valence-electron chi connectivity index (χ0n) is 16.8. The number of nitrogens with zero attached hydrogens (tertiary/aromatic N) is 1. The molecule has 0 bridgehead atoms. The quantitative estimate of drug-likeness (QED) is 0.735. The van der Waals surface area contributed by atoms with E-state index >= 15 is 0 Å². The van der Waals surface area contributed by atoms with Crippen LogP contribution in [0.15, 0.2) is 23.1 Å². The lowest BCUT2D eigenvalue weighted by atomic mass is 9.86. The molecule has 156 valence electrons. The van der Waals surface area contributed by atoms with Gasteiger partial charge >= 0.3 is 0 Å². The van der Waals surface area contributed by atoms with Crippen LogP contribution in [0.4, 0.5) is 5.69 Å². The fourth-order valence-electron chi connectivity index (χ4n) is 4.22. The Balaban J connectivity index is 1.69. The molecule has 1 amide bonds. The summed E-state index contributed by atoms with van der Waals surface area (Å²) in [6, 6.07) is 4.70. The first-order valence-corrected chi connectivity index (χ1v) is 11.9. The van der Waals surface area contributed by atoms with Crippen molar-refractivity contribution in [2.24, 2.45) is 5.92 Å². The standard InChI is InChI=1S/C21H32N2O4S/c1-27-20-12-11-18(28(25,26)23-14-6-3-7-15-23)16-19(20)22-21(24)13-10-17-8-4-2-5-9-17/h11-12,16-17H,2-10,13-15H2,1H3,(H,22,24). The van der Waals surface area contributed by atoms with Crippen LogP contribution in [-0.2, 0) is 14.8 Å². The molecule has 2 aliphatic rings. The van der Waals surface area contributed by atoms with Crippen molar-refractivity contribution >= 4 is 21.6 Å². The van der Waals surface area contributed by atoms with Crippen LogP contribution >= 0.6 is 0 Å². The maximum Gasteiger partial charge on any atom is 0.243 e. The summed E-state index contributed by atoms with van der Waals surface area (Å²) in [7, 11) is -2.03. The largest absolute Gasteiger partial charge is 0.495 e. The van der Waals surface area contributed by atoms with E-state index in [-0.39, 0.29) is 10.8 Å². The molecule has 28 heavy (non-hydrogen) atoms. The zero-order chi connectivity index (χ0) is 20.0. The molecular formula is C21H32N2O4S. The van der Waals surface area contributed by atoms with Crippen LogP contribution in [0.1, 0.15) is 64.2 Å². The van der Waals surface area contributed by atoms with E-state index in [4.69, 9.17) is 4.74 Å². The van der Waals surface area contributed by atoms with E-state index in [2.05, 4.69) is 5.32 Å². The Labute approximate surface area is 168 Å². The van der Waals surface area contributed by atoms with Crippen LogP contribution in [0.2, 0.25) is 0 Å². The van der Waals surface area contributed by atoms with Gasteiger partial charge in [-0.15, -0.1) is 0 Å². The Morgan fingerprint density at radius 2 is 1.79 bits per heavy atom. The number of hydrogen-bond donors (Lipinski definition) is 1. The normalized spacial score (nSPS) is 19.3. The zero-order valence-corrected chi connectivity index (χ0v) is 17.6. The van der Waals surface area contributed by atoms with E-state index in [0.29, 0.717) is 36.9 Å². The number of anilines is 1. The SMILES string of the molecule is COc1ccc(S(=O)(=O)N2CCCCC2)cc1NC(=O)CCC1CCCCC1. The van der Waals surface area contributed by atoms with Crippen molar-refractivity contribution in [3.8, 4) is 5.75 Å². The summed E-state index contributed by atoms with van der Waals surface area (Å²) in [5.41, 5.74) is 0.425. The van der Waals surface area contributed by atoms with Gasteiger partial charge in [0.15, 0.2) is 0 Å². The minimum Gasteiger partial charge on any atom is -0.495 e. The second kappa shape index (κ2) is 9.74. The second-order valence-electron chi connectivity index (χ2n) is 7.92. The van der Waals surface area contributed by atoms with Gasteiger partial charge in [-0.05, 0) is 43.4 Å². The summed E-state index contributed by atoms with van der Waals surface area (Å²) in [4.78, 5) is 12.7. The lowest BCUT2D eigenvalue weighted by Gasteiger charge is -2.26. The molecule has 2 fully saturated rings. The number of piperidine rings is 1. The van der Waals surface area contributed by atoms with Crippen molar-refractivity contribution in [1.29, 1.82) is 0 Å². The molecule has 1 N–H and O–H groups in total. The third-order valence-electron chi connectivity index (χ3n) is 5.90. The van der Waals surface area contributed by atoms with E-state index < -0.39 is 10.0 Å².